The number of benzene rings is 1. The average Bonchev–Trinajstić information content (AvgIpc) is 2.28. The smallest absolute Gasteiger partial charge is 0.236 e. The molecular formula is C12H17FN2O2. The number of hydrogen-bond acceptors (Lipinski definition) is 3. The van der Waals surface area contributed by atoms with Crippen molar-refractivity contribution in [3.05, 3.63) is 35.6 Å². The van der Waals surface area contributed by atoms with Gasteiger partial charge in [-0.2, -0.15) is 0 Å². The highest BCUT2D eigenvalue weighted by atomic mass is 19.1. The fraction of sp³-hybridized carbons (Fsp3) is 0.417. The first-order valence-electron chi connectivity index (χ1n) is 5.35. The van der Waals surface area contributed by atoms with Gasteiger partial charge in [0.25, 0.3) is 0 Å². The number of rotatable bonds is 5. The molecule has 2 N–H and O–H groups in total. The standard InChI is InChI=1S/C12H17FN2O2/c1-15(2)12(17)8-14-7-11(16)9-4-3-5-10(13)6-9/h3-6,11,14,16H,7-8H2,1-2H3. The number of amides is 1. The molecule has 0 bridgehead atoms. The third kappa shape index (κ3) is 4.50. The van der Waals surface area contributed by atoms with Crippen molar-refractivity contribution in [1.82, 2.24) is 10.2 Å². The Morgan fingerprint density at radius 2 is 2.24 bits per heavy atom. The minimum Gasteiger partial charge on any atom is -0.387 e. The van der Waals surface area contributed by atoms with Crippen molar-refractivity contribution in [2.45, 2.75) is 6.10 Å². The molecule has 1 rings (SSSR count). The molecular weight excluding hydrogens is 223 g/mol. The Kier molecular flexibility index (Phi) is 5.06. The molecule has 0 aliphatic heterocycles. The SMILES string of the molecule is CN(C)C(=O)CNCC(O)c1cccc(F)c1. The lowest BCUT2D eigenvalue weighted by molar-refractivity contribution is -0.127. The maximum absolute atomic E-state index is 12.9. The summed E-state index contributed by atoms with van der Waals surface area (Å²) in [5.41, 5.74) is 0.495. The van der Waals surface area contributed by atoms with E-state index in [1.807, 2.05) is 0 Å². The van der Waals surface area contributed by atoms with Gasteiger partial charge in [0, 0.05) is 20.6 Å². The molecule has 0 radical (unpaired) electrons. The van der Waals surface area contributed by atoms with Crippen LogP contribution < -0.4 is 5.32 Å². The molecule has 0 saturated carbocycles. The minimum atomic E-state index is -0.819. The van der Waals surface area contributed by atoms with Crippen molar-refractivity contribution in [3.8, 4) is 0 Å². The van der Waals surface area contributed by atoms with E-state index in [1.165, 1.54) is 17.0 Å². The Bertz CT molecular complexity index is 383. The second-order valence-corrected chi connectivity index (χ2v) is 3.99. The van der Waals surface area contributed by atoms with E-state index in [2.05, 4.69) is 5.32 Å². The third-order valence-electron chi connectivity index (χ3n) is 2.35. The topological polar surface area (TPSA) is 52.6 Å². The van der Waals surface area contributed by atoms with E-state index in [9.17, 15) is 14.3 Å². The van der Waals surface area contributed by atoms with E-state index in [0.29, 0.717) is 5.56 Å². The molecule has 1 aromatic rings. The summed E-state index contributed by atoms with van der Waals surface area (Å²) < 4.78 is 12.9. The Hall–Kier alpha value is -1.46. The van der Waals surface area contributed by atoms with E-state index in [0.717, 1.165) is 0 Å². The number of halogens is 1. The van der Waals surface area contributed by atoms with E-state index >= 15 is 0 Å². The van der Waals surface area contributed by atoms with E-state index < -0.39 is 6.10 Å². The Morgan fingerprint density at radius 1 is 1.53 bits per heavy atom. The van der Waals surface area contributed by atoms with Crippen LogP contribution in [0.3, 0.4) is 0 Å². The molecule has 1 amide bonds. The maximum atomic E-state index is 12.9. The number of nitrogens with zero attached hydrogens (tertiary/aromatic N) is 1. The second-order valence-electron chi connectivity index (χ2n) is 3.99. The van der Waals surface area contributed by atoms with Gasteiger partial charge in [0.15, 0.2) is 0 Å². The van der Waals surface area contributed by atoms with Crippen LogP contribution in [0.4, 0.5) is 4.39 Å². The molecule has 94 valence electrons. The number of hydrogen-bond donors (Lipinski definition) is 2. The van der Waals surface area contributed by atoms with Crippen LogP contribution >= 0.6 is 0 Å². The minimum absolute atomic E-state index is 0.0727. The molecule has 1 atom stereocenters. The van der Waals surface area contributed by atoms with Crippen LogP contribution in [0, 0.1) is 5.82 Å². The Labute approximate surface area is 100 Å². The van der Waals surface area contributed by atoms with E-state index in [1.54, 1.807) is 26.2 Å². The largest absolute Gasteiger partial charge is 0.387 e. The summed E-state index contributed by atoms with van der Waals surface area (Å²) in [6.45, 7) is 0.364. The lowest BCUT2D eigenvalue weighted by atomic mass is 10.1. The molecule has 0 spiro atoms. The normalized spacial score (nSPS) is 12.2. The molecule has 0 aliphatic rings. The molecule has 0 fully saturated rings. The fourth-order valence-electron chi connectivity index (χ4n) is 1.31. The zero-order chi connectivity index (χ0) is 12.8. The molecule has 17 heavy (non-hydrogen) atoms. The summed E-state index contributed by atoms with van der Waals surface area (Å²) in [6.07, 6.45) is -0.819. The van der Waals surface area contributed by atoms with Crippen molar-refractivity contribution < 1.29 is 14.3 Å². The summed E-state index contributed by atoms with van der Waals surface area (Å²) in [5, 5.41) is 12.6. The van der Waals surface area contributed by atoms with Gasteiger partial charge in [0.2, 0.25) is 5.91 Å². The van der Waals surface area contributed by atoms with Crippen molar-refractivity contribution >= 4 is 5.91 Å². The monoisotopic (exact) mass is 240 g/mol. The summed E-state index contributed by atoms with van der Waals surface area (Å²) >= 11 is 0. The molecule has 0 aliphatic carbocycles. The Morgan fingerprint density at radius 3 is 2.82 bits per heavy atom. The fourth-order valence-corrected chi connectivity index (χ4v) is 1.31. The molecule has 4 nitrogen and oxygen atoms in total. The van der Waals surface area contributed by atoms with Crippen LogP contribution in [0.5, 0.6) is 0 Å². The van der Waals surface area contributed by atoms with Gasteiger partial charge in [-0.15, -0.1) is 0 Å². The highest BCUT2D eigenvalue weighted by Gasteiger charge is 2.09. The van der Waals surface area contributed by atoms with E-state index in [-0.39, 0.29) is 24.8 Å². The van der Waals surface area contributed by atoms with Gasteiger partial charge in [-0.25, -0.2) is 4.39 Å². The highest BCUT2D eigenvalue weighted by molar-refractivity contribution is 5.77. The molecule has 0 aromatic heterocycles. The zero-order valence-electron chi connectivity index (χ0n) is 9.98. The molecule has 0 saturated heterocycles. The van der Waals surface area contributed by atoms with Crippen molar-refractivity contribution in [2.24, 2.45) is 0 Å². The zero-order valence-corrected chi connectivity index (χ0v) is 9.98. The van der Waals surface area contributed by atoms with Crippen LogP contribution in [-0.2, 0) is 4.79 Å². The predicted octanol–water partition coefficient (Wildman–Crippen LogP) is 0.537. The van der Waals surface area contributed by atoms with Crippen LogP contribution in [0.1, 0.15) is 11.7 Å². The van der Waals surface area contributed by atoms with Crippen molar-refractivity contribution in [3.63, 3.8) is 0 Å². The number of aliphatic hydroxyl groups is 1. The van der Waals surface area contributed by atoms with Crippen LogP contribution in [-0.4, -0.2) is 43.1 Å². The lowest BCUT2D eigenvalue weighted by Gasteiger charge is -2.14. The van der Waals surface area contributed by atoms with Gasteiger partial charge in [-0.1, -0.05) is 12.1 Å². The number of nitrogens with one attached hydrogen (secondary N) is 1. The average molecular weight is 240 g/mol. The first-order valence-corrected chi connectivity index (χ1v) is 5.35. The highest BCUT2D eigenvalue weighted by Crippen LogP contribution is 2.12. The van der Waals surface area contributed by atoms with Gasteiger partial charge < -0.3 is 15.3 Å². The van der Waals surface area contributed by atoms with Crippen molar-refractivity contribution in [2.75, 3.05) is 27.2 Å². The van der Waals surface area contributed by atoms with Gasteiger partial charge in [-0.05, 0) is 17.7 Å². The molecule has 1 aromatic carbocycles. The molecule has 5 heteroatoms. The Balaban J connectivity index is 2.40. The quantitative estimate of drug-likeness (QED) is 0.789. The summed E-state index contributed by atoms with van der Waals surface area (Å²) in [7, 11) is 3.32. The number of carbonyl (C=O) groups is 1. The number of likely N-dealkylation sites (N-methyl/N-ethyl adjacent to an activating group) is 1. The first kappa shape index (κ1) is 13.6. The maximum Gasteiger partial charge on any atom is 0.236 e. The van der Waals surface area contributed by atoms with Gasteiger partial charge in [0.1, 0.15) is 5.82 Å². The second kappa shape index (κ2) is 6.32. The van der Waals surface area contributed by atoms with Gasteiger partial charge >= 0.3 is 0 Å². The summed E-state index contributed by atoms with van der Waals surface area (Å²) in [5.74, 6) is -0.456. The van der Waals surface area contributed by atoms with Crippen molar-refractivity contribution in [1.29, 1.82) is 0 Å². The summed E-state index contributed by atoms with van der Waals surface area (Å²) in [4.78, 5) is 12.7. The third-order valence-corrected chi connectivity index (χ3v) is 2.35. The number of aliphatic hydroxyl groups excluding tert-OH is 1. The van der Waals surface area contributed by atoms with Gasteiger partial charge in [-0.3, -0.25) is 4.79 Å². The van der Waals surface area contributed by atoms with Crippen LogP contribution in [0.15, 0.2) is 24.3 Å². The molecule has 1 unspecified atom stereocenters. The lowest BCUT2D eigenvalue weighted by Crippen LogP contribution is -2.34. The first-order chi connectivity index (χ1) is 8.00. The number of carbonyl (C=O) groups excluding carboxylic acids is 1. The summed E-state index contributed by atoms with van der Waals surface area (Å²) in [6, 6.07) is 5.78. The predicted molar refractivity (Wildman–Crippen MR) is 62.9 cm³/mol. The van der Waals surface area contributed by atoms with Crippen LogP contribution in [0.2, 0.25) is 0 Å². The van der Waals surface area contributed by atoms with Crippen LogP contribution in [0.25, 0.3) is 0 Å². The van der Waals surface area contributed by atoms with Gasteiger partial charge in [0.05, 0.1) is 12.6 Å². The molecule has 0 heterocycles. The van der Waals surface area contributed by atoms with E-state index in [4.69, 9.17) is 0 Å².